The van der Waals surface area contributed by atoms with Crippen molar-refractivity contribution in [2.45, 2.75) is 58.8 Å². The Morgan fingerprint density at radius 2 is 1.44 bits per heavy atom. The summed E-state index contributed by atoms with van der Waals surface area (Å²) in [5, 5.41) is 0.613. The molecule has 6 nitrogen and oxygen atoms in total. The summed E-state index contributed by atoms with van der Waals surface area (Å²) in [7, 11) is 0. The molecular weight excluding hydrogens is 368 g/mol. The molecule has 0 spiro atoms. The van der Waals surface area contributed by atoms with Crippen molar-refractivity contribution in [1.82, 2.24) is 9.80 Å². The number of carbonyl (C=O) groups excluding carboxylic acids is 2. The summed E-state index contributed by atoms with van der Waals surface area (Å²) in [6.45, 7) is 12.1. The molecule has 1 saturated heterocycles. The van der Waals surface area contributed by atoms with Crippen LogP contribution in [0.4, 0.5) is 9.59 Å². The lowest BCUT2D eigenvalue weighted by Crippen LogP contribution is -2.54. The largest absolute Gasteiger partial charge is 0.444 e. The number of halogens is 1. The van der Waals surface area contributed by atoms with Crippen molar-refractivity contribution in [3.63, 3.8) is 0 Å². The highest BCUT2D eigenvalue weighted by molar-refractivity contribution is 6.30. The van der Waals surface area contributed by atoms with Gasteiger partial charge in [0.1, 0.15) is 11.2 Å². The molecule has 0 N–H and O–H groups in total. The number of nitrogens with zero attached hydrogens (tertiary/aromatic N) is 2. The standard InChI is InChI=1S/C20H29ClN2O4/c1-19(2,3)26-17(24)22-11-12-23(18(25)27-20(4,5)6)16(13-22)14-7-9-15(21)10-8-14/h7-10,16H,11-13H2,1-6H3/t16-/m1/s1. The van der Waals surface area contributed by atoms with Gasteiger partial charge in [0.25, 0.3) is 0 Å². The maximum absolute atomic E-state index is 12.7. The summed E-state index contributed by atoms with van der Waals surface area (Å²) in [6.07, 6.45) is -0.781. The van der Waals surface area contributed by atoms with Crippen LogP contribution >= 0.6 is 11.6 Å². The number of ether oxygens (including phenoxy) is 2. The molecule has 0 unspecified atom stereocenters. The molecular formula is C20H29ClN2O4. The molecule has 7 heteroatoms. The van der Waals surface area contributed by atoms with Crippen LogP contribution in [0.2, 0.25) is 5.02 Å². The lowest BCUT2D eigenvalue weighted by atomic mass is 10.0. The molecule has 2 rings (SSSR count). The maximum atomic E-state index is 12.7. The Morgan fingerprint density at radius 3 is 1.96 bits per heavy atom. The Hall–Kier alpha value is -1.95. The second-order valence-electron chi connectivity index (χ2n) is 8.67. The average molecular weight is 397 g/mol. The Labute approximate surface area is 166 Å². The molecule has 1 aliphatic rings. The van der Waals surface area contributed by atoms with E-state index >= 15 is 0 Å². The van der Waals surface area contributed by atoms with Crippen molar-refractivity contribution in [1.29, 1.82) is 0 Å². The number of benzene rings is 1. The SMILES string of the molecule is CC(C)(C)OC(=O)N1CCN(C(=O)OC(C)(C)C)[C@@H](c2ccc(Cl)cc2)C1. The Morgan fingerprint density at radius 1 is 0.926 bits per heavy atom. The second-order valence-corrected chi connectivity index (χ2v) is 9.10. The van der Waals surface area contributed by atoms with E-state index in [1.165, 1.54) is 0 Å². The monoisotopic (exact) mass is 396 g/mol. The molecule has 2 amide bonds. The maximum Gasteiger partial charge on any atom is 0.410 e. The highest BCUT2D eigenvalue weighted by Crippen LogP contribution is 2.29. The van der Waals surface area contributed by atoms with E-state index in [1.54, 1.807) is 21.9 Å². The van der Waals surface area contributed by atoms with Gasteiger partial charge in [-0.05, 0) is 59.2 Å². The van der Waals surface area contributed by atoms with Crippen LogP contribution in [-0.2, 0) is 9.47 Å². The van der Waals surface area contributed by atoms with Crippen LogP contribution in [0.25, 0.3) is 0 Å². The van der Waals surface area contributed by atoms with Gasteiger partial charge >= 0.3 is 12.2 Å². The van der Waals surface area contributed by atoms with Gasteiger partial charge in [0.2, 0.25) is 0 Å². The zero-order chi connectivity index (χ0) is 20.4. The number of hydrogen-bond donors (Lipinski definition) is 0. The van der Waals surface area contributed by atoms with Crippen molar-refractivity contribution >= 4 is 23.8 Å². The van der Waals surface area contributed by atoms with Gasteiger partial charge in [-0.15, -0.1) is 0 Å². The number of amides is 2. The first-order valence-electron chi connectivity index (χ1n) is 9.09. The summed E-state index contributed by atoms with van der Waals surface area (Å²) in [5.41, 5.74) is -0.280. The minimum Gasteiger partial charge on any atom is -0.444 e. The van der Waals surface area contributed by atoms with Gasteiger partial charge in [-0.25, -0.2) is 9.59 Å². The van der Waals surface area contributed by atoms with Crippen LogP contribution in [0.1, 0.15) is 53.1 Å². The summed E-state index contributed by atoms with van der Waals surface area (Å²) >= 11 is 6.00. The minimum atomic E-state index is -0.593. The topological polar surface area (TPSA) is 59.1 Å². The quantitative estimate of drug-likeness (QED) is 0.679. The van der Waals surface area contributed by atoms with Crippen molar-refractivity contribution in [3.8, 4) is 0 Å². The summed E-state index contributed by atoms with van der Waals surface area (Å²) in [4.78, 5) is 28.5. The first-order chi connectivity index (χ1) is 12.4. The van der Waals surface area contributed by atoms with E-state index in [1.807, 2.05) is 53.7 Å². The van der Waals surface area contributed by atoms with Gasteiger partial charge in [-0.1, -0.05) is 23.7 Å². The van der Waals surface area contributed by atoms with Crippen LogP contribution in [0.15, 0.2) is 24.3 Å². The van der Waals surface area contributed by atoms with Gasteiger partial charge in [0.05, 0.1) is 6.04 Å². The average Bonchev–Trinajstić information content (AvgIpc) is 2.52. The van der Waals surface area contributed by atoms with Gasteiger partial charge in [-0.3, -0.25) is 4.90 Å². The number of rotatable bonds is 1. The summed E-state index contributed by atoms with van der Waals surface area (Å²) < 4.78 is 11.0. The molecule has 1 atom stereocenters. The van der Waals surface area contributed by atoms with E-state index in [0.717, 1.165) is 5.56 Å². The molecule has 0 aliphatic carbocycles. The molecule has 1 heterocycles. The molecule has 0 aromatic heterocycles. The smallest absolute Gasteiger partial charge is 0.410 e. The first kappa shape index (κ1) is 21.4. The molecule has 1 aromatic rings. The Kier molecular flexibility index (Phi) is 6.30. The first-order valence-corrected chi connectivity index (χ1v) is 9.46. The molecule has 1 aliphatic heterocycles. The predicted octanol–water partition coefficient (Wildman–Crippen LogP) is 4.87. The van der Waals surface area contributed by atoms with Gasteiger partial charge in [-0.2, -0.15) is 0 Å². The number of piperazine rings is 1. The normalized spacial score (nSPS) is 18.3. The molecule has 150 valence electrons. The zero-order valence-corrected chi connectivity index (χ0v) is 17.7. The van der Waals surface area contributed by atoms with Crippen LogP contribution in [-0.4, -0.2) is 52.8 Å². The van der Waals surface area contributed by atoms with Crippen LogP contribution in [0.5, 0.6) is 0 Å². The minimum absolute atomic E-state index is 0.329. The predicted molar refractivity (Wildman–Crippen MR) is 105 cm³/mol. The fraction of sp³-hybridized carbons (Fsp3) is 0.600. The Bertz CT molecular complexity index is 677. The molecule has 1 fully saturated rings. The number of carbonyl (C=O) groups is 2. The summed E-state index contributed by atoms with van der Waals surface area (Å²) in [6, 6.07) is 6.94. The van der Waals surface area contributed by atoms with E-state index in [2.05, 4.69) is 0 Å². The van der Waals surface area contributed by atoms with Crippen LogP contribution in [0.3, 0.4) is 0 Å². The van der Waals surface area contributed by atoms with Crippen molar-refractivity contribution < 1.29 is 19.1 Å². The zero-order valence-electron chi connectivity index (χ0n) is 16.9. The van der Waals surface area contributed by atoms with E-state index in [9.17, 15) is 9.59 Å². The van der Waals surface area contributed by atoms with Crippen molar-refractivity contribution in [2.24, 2.45) is 0 Å². The highest BCUT2D eigenvalue weighted by atomic mass is 35.5. The Balaban J connectivity index is 2.24. The molecule has 0 saturated carbocycles. The molecule has 0 bridgehead atoms. The van der Waals surface area contributed by atoms with E-state index in [-0.39, 0.29) is 12.1 Å². The molecule has 27 heavy (non-hydrogen) atoms. The number of hydrogen-bond acceptors (Lipinski definition) is 4. The third-order valence-corrected chi connectivity index (χ3v) is 4.17. The van der Waals surface area contributed by atoms with Crippen LogP contribution in [0, 0.1) is 0 Å². The van der Waals surface area contributed by atoms with Crippen molar-refractivity contribution in [3.05, 3.63) is 34.9 Å². The second kappa shape index (κ2) is 7.97. The fourth-order valence-corrected chi connectivity index (χ4v) is 2.91. The summed E-state index contributed by atoms with van der Waals surface area (Å²) in [5.74, 6) is 0. The van der Waals surface area contributed by atoms with Gasteiger partial charge in [0, 0.05) is 24.7 Å². The van der Waals surface area contributed by atoms with Crippen molar-refractivity contribution in [2.75, 3.05) is 19.6 Å². The van der Waals surface area contributed by atoms with E-state index in [4.69, 9.17) is 21.1 Å². The van der Waals surface area contributed by atoms with Gasteiger partial charge in [0.15, 0.2) is 0 Å². The van der Waals surface area contributed by atoms with Gasteiger partial charge < -0.3 is 14.4 Å². The molecule has 1 aromatic carbocycles. The lowest BCUT2D eigenvalue weighted by Gasteiger charge is -2.42. The fourth-order valence-electron chi connectivity index (χ4n) is 2.78. The third kappa shape index (κ3) is 6.31. The van der Waals surface area contributed by atoms with E-state index < -0.39 is 17.3 Å². The van der Waals surface area contributed by atoms with Crippen LogP contribution < -0.4 is 0 Å². The highest BCUT2D eigenvalue weighted by Gasteiger charge is 2.37. The third-order valence-electron chi connectivity index (χ3n) is 3.91. The molecule has 0 radical (unpaired) electrons. The van der Waals surface area contributed by atoms with E-state index in [0.29, 0.717) is 24.7 Å². The lowest BCUT2D eigenvalue weighted by molar-refractivity contribution is -0.0152.